The first-order chi connectivity index (χ1) is 10.2. The van der Waals surface area contributed by atoms with Crippen LogP contribution in [0.25, 0.3) is 0 Å². The average Bonchev–Trinajstić information content (AvgIpc) is 2.50. The smallest absolute Gasteiger partial charge is 0.223 e. The lowest BCUT2D eigenvalue weighted by Crippen LogP contribution is -2.41. The zero-order valence-electron chi connectivity index (χ0n) is 12.9. The van der Waals surface area contributed by atoms with Crippen LogP contribution in [-0.2, 0) is 4.79 Å². The van der Waals surface area contributed by atoms with E-state index in [-0.39, 0.29) is 5.91 Å². The Bertz CT molecular complexity index is 461. The molecule has 1 saturated carbocycles. The number of para-hydroxylation sites is 2. The number of hydrogen-bond donors (Lipinski definition) is 1. The summed E-state index contributed by atoms with van der Waals surface area (Å²) in [6.07, 6.45) is 5.18. The van der Waals surface area contributed by atoms with Crippen molar-refractivity contribution in [2.24, 2.45) is 5.92 Å². The lowest BCUT2D eigenvalue weighted by molar-refractivity contribution is -0.122. The molecule has 0 aromatic heterocycles. The normalized spacial score (nSPS) is 21.6. The molecule has 1 amide bonds. The summed E-state index contributed by atoms with van der Waals surface area (Å²) < 4.78 is 10.8. The second-order valence-corrected chi connectivity index (χ2v) is 5.69. The van der Waals surface area contributed by atoms with Gasteiger partial charge in [-0.25, -0.2) is 0 Å². The average molecular weight is 291 g/mol. The number of methoxy groups -OCH3 is 1. The third-order valence-electron chi connectivity index (χ3n) is 4.11. The van der Waals surface area contributed by atoms with Crippen LogP contribution in [0.1, 0.15) is 39.0 Å². The minimum atomic E-state index is 0.0728. The van der Waals surface area contributed by atoms with Crippen molar-refractivity contribution in [3.63, 3.8) is 0 Å². The largest absolute Gasteiger partial charge is 0.493 e. The molecular weight excluding hydrogens is 266 g/mol. The van der Waals surface area contributed by atoms with Gasteiger partial charge in [0.1, 0.15) is 0 Å². The van der Waals surface area contributed by atoms with Crippen LogP contribution in [0.4, 0.5) is 0 Å². The summed E-state index contributed by atoms with van der Waals surface area (Å²) in [6, 6.07) is 7.81. The molecule has 1 aromatic carbocycles. The number of carbonyl (C=O) groups excluding carboxylic acids is 1. The molecule has 0 bridgehead atoms. The van der Waals surface area contributed by atoms with Gasteiger partial charge in [-0.15, -0.1) is 0 Å². The molecule has 4 nitrogen and oxygen atoms in total. The monoisotopic (exact) mass is 291 g/mol. The van der Waals surface area contributed by atoms with Crippen LogP contribution >= 0.6 is 0 Å². The van der Waals surface area contributed by atoms with Crippen molar-refractivity contribution >= 4 is 5.91 Å². The minimum Gasteiger partial charge on any atom is -0.493 e. The van der Waals surface area contributed by atoms with Gasteiger partial charge in [0.2, 0.25) is 5.91 Å². The van der Waals surface area contributed by atoms with E-state index in [2.05, 4.69) is 12.2 Å². The predicted molar refractivity (Wildman–Crippen MR) is 82.7 cm³/mol. The SMILES string of the molecule is COc1ccccc1OCCC(=O)N[C@@H]1CCCC[C@H]1C. The van der Waals surface area contributed by atoms with Gasteiger partial charge in [-0.05, 0) is 30.9 Å². The number of ether oxygens (including phenoxy) is 2. The number of amides is 1. The molecule has 4 heteroatoms. The van der Waals surface area contributed by atoms with Crippen molar-refractivity contribution in [1.29, 1.82) is 0 Å². The van der Waals surface area contributed by atoms with Gasteiger partial charge in [0, 0.05) is 6.04 Å². The van der Waals surface area contributed by atoms with Crippen molar-refractivity contribution in [2.75, 3.05) is 13.7 Å². The highest BCUT2D eigenvalue weighted by Crippen LogP contribution is 2.26. The van der Waals surface area contributed by atoms with Gasteiger partial charge < -0.3 is 14.8 Å². The molecule has 0 heterocycles. The van der Waals surface area contributed by atoms with E-state index in [1.807, 2.05) is 24.3 Å². The molecule has 1 fully saturated rings. The summed E-state index contributed by atoms with van der Waals surface area (Å²) in [4.78, 5) is 12.0. The maximum Gasteiger partial charge on any atom is 0.223 e. The first-order valence-electron chi connectivity index (χ1n) is 7.76. The third-order valence-corrected chi connectivity index (χ3v) is 4.11. The number of benzene rings is 1. The zero-order chi connectivity index (χ0) is 15.1. The molecule has 0 aliphatic heterocycles. The molecule has 1 aliphatic rings. The summed E-state index contributed by atoms with van der Waals surface area (Å²) in [6.45, 7) is 2.59. The molecule has 1 aliphatic carbocycles. The molecule has 2 atom stereocenters. The van der Waals surface area contributed by atoms with Gasteiger partial charge >= 0.3 is 0 Å². The molecule has 2 rings (SSSR count). The molecule has 0 radical (unpaired) electrons. The van der Waals surface area contributed by atoms with Gasteiger partial charge in [0.25, 0.3) is 0 Å². The van der Waals surface area contributed by atoms with Crippen LogP contribution in [0.2, 0.25) is 0 Å². The van der Waals surface area contributed by atoms with E-state index in [1.54, 1.807) is 7.11 Å². The number of carbonyl (C=O) groups is 1. The van der Waals surface area contributed by atoms with Gasteiger partial charge in [-0.1, -0.05) is 31.9 Å². The second-order valence-electron chi connectivity index (χ2n) is 5.69. The van der Waals surface area contributed by atoms with Gasteiger partial charge in [-0.3, -0.25) is 4.79 Å². The van der Waals surface area contributed by atoms with Crippen molar-refractivity contribution in [3.05, 3.63) is 24.3 Å². The number of rotatable bonds is 6. The van der Waals surface area contributed by atoms with Crippen LogP contribution in [0.3, 0.4) is 0 Å². The first-order valence-corrected chi connectivity index (χ1v) is 7.76. The fourth-order valence-electron chi connectivity index (χ4n) is 2.80. The molecular formula is C17H25NO3. The second kappa shape index (κ2) is 7.91. The van der Waals surface area contributed by atoms with E-state index < -0.39 is 0 Å². The van der Waals surface area contributed by atoms with Crippen LogP contribution < -0.4 is 14.8 Å². The molecule has 0 unspecified atom stereocenters. The Hall–Kier alpha value is -1.71. The molecule has 21 heavy (non-hydrogen) atoms. The summed E-state index contributed by atoms with van der Waals surface area (Å²) >= 11 is 0. The minimum absolute atomic E-state index is 0.0728. The third kappa shape index (κ3) is 4.66. The van der Waals surface area contributed by atoms with Gasteiger partial charge in [0.05, 0.1) is 20.1 Å². The first kappa shape index (κ1) is 15.7. The lowest BCUT2D eigenvalue weighted by Gasteiger charge is -2.29. The number of hydrogen-bond acceptors (Lipinski definition) is 3. The Morgan fingerprint density at radius 3 is 2.67 bits per heavy atom. The maximum atomic E-state index is 12.0. The highest BCUT2D eigenvalue weighted by atomic mass is 16.5. The molecule has 0 spiro atoms. The summed E-state index contributed by atoms with van der Waals surface area (Å²) in [5, 5.41) is 3.13. The Morgan fingerprint density at radius 2 is 1.95 bits per heavy atom. The molecule has 116 valence electrons. The molecule has 0 saturated heterocycles. The Morgan fingerprint density at radius 1 is 1.24 bits per heavy atom. The highest BCUT2D eigenvalue weighted by molar-refractivity contribution is 5.76. The number of nitrogens with one attached hydrogen (secondary N) is 1. The van der Waals surface area contributed by atoms with E-state index in [9.17, 15) is 4.79 Å². The van der Waals surface area contributed by atoms with Crippen molar-refractivity contribution in [3.8, 4) is 11.5 Å². The zero-order valence-corrected chi connectivity index (χ0v) is 12.9. The molecule has 1 aromatic rings. The van der Waals surface area contributed by atoms with E-state index in [4.69, 9.17) is 9.47 Å². The van der Waals surface area contributed by atoms with Crippen LogP contribution in [-0.4, -0.2) is 25.7 Å². The fraction of sp³-hybridized carbons (Fsp3) is 0.588. The highest BCUT2D eigenvalue weighted by Gasteiger charge is 2.22. The van der Waals surface area contributed by atoms with Crippen LogP contribution in [0.5, 0.6) is 11.5 Å². The van der Waals surface area contributed by atoms with E-state index in [1.165, 1.54) is 19.3 Å². The Balaban J connectivity index is 1.74. The summed E-state index contributed by atoms with van der Waals surface area (Å²) in [7, 11) is 1.61. The topological polar surface area (TPSA) is 47.6 Å². The van der Waals surface area contributed by atoms with Crippen molar-refractivity contribution in [2.45, 2.75) is 45.1 Å². The molecule has 1 N–H and O–H groups in total. The van der Waals surface area contributed by atoms with Crippen LogP contribution in [0.15, 0.2) is 24.3 Å². The van der Waals surface area contributed by atoms with Crippen LogP contribution in [0, 0.1) is 5.92 Å². The summed E-state index contributed by atoms with van der Waals surface area (Å²) in [5.74, 6) is 2.03. The predicted octanol–water partition coefficient (Wildman–Crippen LogP) is 3.16. The Labute approximate surface area is 126 Å². The summed E-state index contributed by atoms with van der Waals surface area (Å²) in [5.41, 5.74) is 0. The van der Waals surface area contributed by atoms with Gasteiger partial charge in [-0.2, -0.15) is 0 Å². The van der Waals surface area contributed by atoms with E-state index in [0.29, 0.717) is 36.5 Å². The van der Waals surface area contributed by atoms with E-state index in [0.717, 1.165) is 6.42 Å². The van der Waals surface area contributed by atoms with Gasteiger partial charge in [0.15, 0.2) is 11.5 Å². The van der Waals surface area contributed by atoms with E-state index >= 15 is 0 Å². The lowest BCUT2D eigenvalue weighted by atomic mass is 9.86. The Kier molecular flexibility index (Phi) is 5.90. The van der Waals surface area contributed by atoms with Crippen molar-refractivity contribution < 1.29 is 14.3 Å². The quantitative estimate of drug-likeness (QED) is 0.876. The maximum absolute atomic E-state index is 12.0. The van der Waals surface area contributed by atoms with Crippen molar-refractivity contribution in [1.82, 2.24) is 5.32 Å². The fourth-order valence-corrected chi connectivity index (χ4v) is 2.80. The standard InChI is InChI=1S/C17H25NO3/c1-13-7-3-4-8-14(13)18-17(19)11-12-21-16-10-6-5-9-15(16)20-2/h5-6,9-10,13-14H,3-4,7-8,11-12H2,1-2H3,(H,18,19)/t13-,14-/m1/s1.